The van der Waals surface area contributed by atoms with Crippen molar-refractivity contribution in [3.8, 4) is 0 Å². The third kappa shape index (κ3) is 56.3. The van der Waals surface area contributed by atoms with Gasteiger partial charge in [0.25, 0.3) is 0 Å². The first kappa shape index (κ1) is 67.4. The Hall–Kier alpha value is -2.63. The van der Waals surface area contributed by atoms with E-state index in [2.05, 4.69) is 69.4 Å². The first-order chi connectivity index (χ1) is 34.5. The molecule has 0 saturated carbocycles. The van der Waals surface area contributed by atoms with Crippen molar-refractivity contribution in [3.05, 3.63) is 48.6 Å². The van der Waals surface area contributed by atoms with Crippen molar-refractivity contribution >= 4 is 17.9 Å². The molecule has 0 aliphatic heterocycles. The second-order valence-corrected chi connectivity index (χ2v) is 20.6. The third-order valence-corrected chi connectivity index (χ3v) is 13.6. The zero-order valence-corrected chi connectivity index (χ0v) is 46.8. The molecule has 70 heavy (non-hydrogen) atoms. The molecule has 0 aromatic rings. The van der Waals surface area contributed by atoms with Gasteiger partial charge in [-0.3, -0.25) is 14.4 Å². The number of esters is 3. The van der Waals surface area contributed by atoms with Crippen molar-refractivity contribution < 1.29 is 28.6 Å². The SMILES string of the molecule is CC/C=C\C/C=C\C/C=C\CCCCCCCCC(=O)OCC(COC(=O)CCCCCCCCC/C=C\CCCCCCCCCC)OC(=O)CCCCCCCCCCCCCCCCCCC. The fourth-order valence-electron chi connectivity index (χ4n) is 8.98. The van der Waals surface area contributed by atoms with E-state index in [0.29, 0.717) is 19.3 Å². The van der Waals surface area contributed by atoms with Gasteiger partial charge < -0.3 is 14.2 Å². The Labute approximate surface area is 435 Å². The van der Waals surface area contributed by atoms with E-state index in [1.54, 1.807) is 0 Å². The first-order valence-corrected chi connectivity index (χ1v) is 30.6. The highest BCUT2D eigenvalue weighted by Crippen LogP contribution is 2.17. The van der Waals surface area contributed by atoms with E-state index in [1.165, 1.54) is 199 Å². The highest BCUT2D eigenvalue weighted by molar-refractivity contribution is 5.71. The van der Waals surface area contributed by atoms with Gasteiger partial charge in [-0.15, -0.1) is 0 Å². The maximum Gasteiger partial charge on any atom is 0.306 e. The van der Waals surface area contributed by atoms with Crippen molar-refractivity contribution in [3.63, 3.8) is 0 Å². The highest BCUT2D eigenvalue weighted by atomic mass is 16.6. The molecule has 1 unspecified atom stereocenters. The van der Waals surface area contributed by atoms with Gasteiger partial charge in [0, 0.05) is 19.3 Å². The Morgan fingerprint density at radius 1 is 0.300 bits per heavy atom. The molecule has 6 heteroatoms. The molecule has 408 valence electrons. The van der Waals surface area contributed by atoms with Crippen LogP contribution < -0.4 is 0 Å². The fraction of sp³-hybridized carbons (Fsp3) is 0.828. The van der Waals surface area contributed by atoms with Crippen LogP contribution in [0.25, 0.3) is 0 Å². The standard InChI is InChI=1S/C64H116O6/c1-4-7-10-13-16-19-22-25-28-31-32-34-36-39-42-45-48-51-54-57-63(66)69-60-61(59-68-62(65)56-53-50-47-44-41-38-35-30-27-24-21-18-15-12-9-6-3)70-64(67)58-55-52-49-46-43-40-37-33-29-26-23-20-17-14-11-8-5-2/h9,12,18,21,27,30-32,61H,4-8,10-11,13-17,19-20,22-26,28-29,33-60H2,1-3H3/b12-9-,21-18-,30-27-,32-31-. The van der Waals surface area contributed by atoms with Crippen molar-refractivity contribution in [1.82, 2.24) is 0 Å². The van der Waals surface area contributed by atoms with Crippen LogP contribution in [-0.4, -0.2) is 37.2 Å². The Kier molecular flexibility index (Phi) is 56.7. The van der Waals surface area contributed by atoms with E-state index in [1.807, 2.05) is 0 Å². The van der Waals surface area contributed by atoms with Crippen LogP contribution in [-0.2, 0) is 28.6 Å². The molecule has 0 aromatic carbocycles. The summed E-state index contributed by atoms with van der Waals surface area (Å²) in [4.78, 5) is 38.3. The lowest BCUT2D eigenvalue weighted by Crippen LogP contribution is -2.30. The zero-order chi connectivity index (χ0) is 50.7. The Bertz CT molecular complexity index is 1220. The lowest BCUT2D eigenvalue weighted by atomic mass is 10.0. The van der Waals surface area contributed by atoms with E-state index in [-0.39, 0.29) is 31.1 Å². The molecule has 1 atom stereocenters. The summed E-state index contributed by atoms with van der Waals surface area (Å²) in [5.41, 5.74) is 0. The number of allylic oxidation sites excluding steroid dienone is 8. The second-order valence-electron chi connectivity index (χ2n) is 20.6. The first-order valence-electron chi connectivity index (χ1n) is 30.6. The second kappa shape index (κ2) is 58.9. The predicted molar refractivity (Wildman–Crippen MR) is 302 cm³/mol. The summed E-state index contributed by atoms with van der Waals surface area (Å²) in [6, 6.07) is 0. The number of hydrogen-bond donors (Lipinski definition) is 0. The number of rotatable bonds is 56. The van der Waals surface area contributed by atoms with E-state index in [4.69, 9.17) is 14.2 Å². The summed E-state index contributed by atoms with van der Waals surface area (Å²) in [6.07, 6.45) is 72.5. The van der Waals surface area contributed by atoms with Gasteiger partial charge in [-0.2, -0.15) is 0 Å². The summed E-state index contributed by atoms with van der Waals surface area (Å²) in [6.45, 7) is 6.56. The van der Waals surface area contributed by atoms with Crippen molar-refractivity contribution in [2.24, 2.45) is 0 Å². The van der Waals surface area contributed by atoms with Crippen LogP contribution in [0.1, 0.15) is 323 Å². The number of unbranched alkanes of at least 4 members (excludes halogenated alkanes) is 37. The van der Waals surface area contributed by atoms with Gasteiger partial charge in [0.15, 0.2) is 6.10 Å². The van der Waals surface area contributed by atoms with Gasteiger partial charge in [0.1, 0.15) is 13.2 Å². The monoisotopic (exact) mass is 981 g/mol. The summed E-state index contributed by atoms with van der Waals surface area (Å²) >= 11 is 0. The normalized spacial score (nSPS) is 12.3. The maximum atomic E-state index is 12.9. The maximum absolute atomic E-state index is 12.9. The molecule has 0 radical (unpaired) electrons. The van der Waals surface area contributed by atoms with Crippen molar-refractivity contribution in [2.45, 2.75) is 329 Å². The highest BCUT2D eigenvalue weighted by Gasteiger charge is 2.19. The van der Waals surface area contributed by atoms with E-state index in [9.17, 15) is 14.4 Å². The summed E-state index contributed by atoms with van der Waals surface area (Å²) < 4.78 is 16.9. The Morgan fingerprint density at radius 3 is 0.886 bits per heavy atom. The molecule has 0 aromatic heterocycles. The van der Waals surface area contributed by atoms with Crippen LogP contribution >= 0.6 is 0 Å². The molecular weight excluding hydrogens is 865 g/mol. The quantitative estimate of drug-likeness (QED) is 0.0261. The molecule has 0 heterocycles. The third-order valence-electron chi connectivity index (χ3n) is 13.6. The lowest BCUT2D eigenvalue weighted by Gasteiger charge is -2.18. The number of carbonyl (C=O) groups is 3. The van der Waals surface area contributed by atoms with Gasteiger partial charge in [-0.25, -0.2) is 0 Å². The van der Waals surface area contributed by atoms with E-state index < -0.39 is 6.10 Å². The van der Waals surface area contributed by atoms with Crippen LogP contribution in [0.5, 0.6) is 0 Å². The Balaban J connectivity index is 4.36. The van der Waals surface area contributed by atoms with Gasteiger partial charge in [0.05, 0.1) is 0 Å². The summed E-state index contributed by atoms with van der Waals surface area (Å²) in [5, 5.41) is 0. The Morgan fingerprint density at radius 2 is 0.557 bits per heavy atom. The van der Waals surface area contributed by atoms with Crippen molar-refractivity contribution in [2.75, 3.05) is 13.2 Å². The van der Waals surface area contributed by atoms with Gasteiger partial charge in [0.2, 0.25) is 0 Å². The van der Waals surface area contributed by atoms with E-state index in [0.717, 1.165) is 83.5 Å². The van der Waals surface area contributed by atoms with Crippen LogP contribution in [0.2, 0.25) is 0 Å². The minimum Gasteiger partial charge on any atom is -0.462 e. The molecule has 0 fully saturated rings. The number of carbonyl (C=O) groups excluding carboxylic acids is 3. The average Bonchev–Trinajstić information content (AvgIpc) is 3.36. The van der Waals surface area contributed by atoms with Gasteiger partial charge in [-0.1, -0.05) is 275 Å². The van der Waals surface area contributed by atoms with Crippen LogP contribution in [0, 0.1) is 0 Å². The molecule has 0 aliphatic rings. The summed E-state index contributed by atoms with van der Waals surface area (Å²) in [5.74, 6) is -0.874. The molecule has 0 rings (SSSR count). The molecule has 0 aliphatic carbocycles. The average molecular weight is 982 g/mol. The smallest absolute Gasteiger partial charge is 0.306 e. The molecule has 0 bridgehead atoms. The molecule has 0 N–H and O–H groups in total. The minimum atomic E-state index is -0.779. The summed E-state index contributed by atoms with van der Waals surface area (Å²) in [7, 11) is 0. The van der Waals surface area contributed by atoms with Gasteiger partial charge in [-0.05, 0) is 77.0 Å². The number of ether oxygens (including phenoxy) is 3. The molecular formula is C64H116O6. The molecule has 0 saturated heterocycles. The largest absolute Gasteiger partial charge is 0.462 e. The minimum absolute atomic E-state index is 0.0764. The zero-order valence-electron chi connectivity index (χ0n) is 46.8. The van der Waals surface area contributed by atoms with Gasteiger partial charge >= 0.3 is 17.9 Å². The molecule has 6 nitrogen and oxygen atoms in total. The van der Waals surface area contributed by atoms with Crippen LogP contribution in [0.3, 0.4) is 0 Å². The van der Waals surface area contributed by atoms with Crippen molar-refractivity contribution in [1.29, 1.82) is 0 Å². The topological polar surface area (TPSA) is 78.9 Å². The van der Waals surface area contributed by atoms with Crippen LogP contribution in [0.15, 0.2) is 48.6 Å². The fourth-order valence-corrected chi connectivity index (χ4v) is 8.98. The molecule has 0 spiro atoms. The lowest BCUT2D eigenvalue weighted by molar-refractivity contribution is -0.167. The van der Waals surface area contributed by atoms with Crippen LogP contribution in [0.4, 0.5) is 0 Å². The molecule has 0 amide bonds. The predicted octanol–water partition coefficient (Wildman–Crippen LogP) is 20.6. The van der Waals surface area contributed by atoms with E-state index >= 15 is 0 Å². The number of hydrogen-bond acceptors (Lipinski definition) is 6.